The summed E-state index contributed by atoms with van der Waals surface area (Å²) >= 11 is 6.07. The second-order valence-electron chi connectivity index (χ2n) is 4.55. The Hall–Kier alpha value is -2.26. The van der Waals surface area contributed by atoms with Crippen LogP contribution in [-0.2, 0) is 0 Å². The van der Waals surface area contributed by atoms with Crippen molar-refractivity contribution in [3.8, 4) is 5.75 Å². The fraction of sp³-hybridized carbons (Fsp3) is 0.118. The average molecular weight is 302 g/mol. The van der Waals surface area contributed by atoms with Crippen LogP contribution in [0.5, 0.6) is 5.75 Å². The molecule has 0 aliphatic heterocycles. The third-order valence-corrected chi connectivity index (χ3v) is 3.30. The minimum atomic E-state index is -0.0890. The van der Waals surface area contributed by atoms with Crippen molar-refractivity contribution in [3.63, 3.8) is 0 Å². The van der Waals surface area contributed by atoms with Crippen molar-refractivity contribution in [2.45, 2.75) is 6.92 Å². The van der Waals surface area contributed by atoms with Crippen LogP contribution in [-0.4, -0.2) is 12.9 Å². The van der Waals surface area contributed by atoms with Crippen LogP contribution in [0, 0.1) is 6.92 Å². The van der Waals surface area contributed by atoms with Gasteiger partial charge in [-0.2, -0.15) is 0 Å². The van der Waals surface area contributed by atoms with Crippen molar-refractivity contribution < 1.29 is 9.53 Å². The Labute approximate surface area is 129 Å². The molecule has 0 amide bonds. The summed E-state index contributed by atoms with van der Waals surface area (Å²) in [6.07, 6.45) is 3.06. The number of hydrogen-bond donors (Lipinski definition) is 1. The van der Waals surface area contributed by atoms with Gasteiger partial charge in [0.15, 0.2) is 5.78 Å². The summed E-state index contributed by atoms with van der Waals surface area (Å²) in [6.45, 7) is 1.98. The number of ether oxygens (including phenoxy) is 1. The zero-order chi connectivity index (χ0) is 15.2. The molecule has 0 aliphatic rings. The minimum Gasteiger partial charge on any atom is -0.497 e. The first-order valence-electron chi connectivity index (χ1n) is 6.48. The van der Waals surface area contributed by atoms with Gasteiger partial charge in [0.2, 0.25) is 0 Å². The number of carbonyl (C=O) groups excluding carboxylic acids is 1. The number of hydrogen-bond acceptors (Lipinski definition) is 3. The largest absolute Gasteiger partial charge is 0.497 e. The number of ketones is 1. The summed E-state index contributed by atoms with van der Waals surface area (Å²) < 4.78 is 5.06. The molecule has 21 heavy (non-hydrogen) atoms. The Kier molecular flexibility index (Phi) is 5.01. The molecule has 2 aromatic carbocycles. The number of anilines is 1. The smallest absolute Gasteiger partial charge is 0.187 e. The summed E-state index contributed by atoms with van der Waals surface area (Å²) in [7, 11) is 1.59. The van der Waals surface area contributed by atoms with Crippen LogP contribution in [0.25, 0.3) is 0 Å². The van der Waals surface area contributed by atoms with Gasteiger partial charge in [-0.3, -0.25) is 4.79 Å². The third-order valence-electron chi connectivity index (χ3n) is 2.97. The fourth-order valence-corrected chi connectivity index (χ4v) is 1.98. The van der Waals surface area contributed by atoms with Gasteiger partial charge in [-0.1, -0.05) is 17.7 Å². The van der Waals surface area contributed by atoms with Gasteiger partial charge < -0.3 is 10.1 Å². The maximum atomic E-state index is 12.0. The molecule has 0 unspecified atom stereocenters. The van der Waals surface area contributed by atoms with E-state index in [1.165, 1.54) is 6.08 Å². The van der Waals surface area contributed by atoms with E-state index in [1.54, 1.807) is 37.6 Å². The van der Waals surface area contributed by atoms with E-state index in [1.807, 2.05) is 25.1 Å². The standard InChI is InChI=1S/C17H16ClNO2/c1-12-3-8-15(18)16(11-12)19-10-9-17(20)13-4-6-14(21-2)7-5-13/h3-11,19H,1-2H3. The molecular weight excluding hydrogens is 286 g/mol. The maximum Gasteiger partial charge on any atom is 0.187 e. The van der Waals surface area contributed by atoms with Crippen molar-refractivity contribution in [2.75, 3.05) is 12.4 Å². The lowest BCUT2D eigenvalue weighted by atomic mass is 10.1. The molecule has 3 nitrogen and oxygen atoms in total. The summed E-state index contributed by atoms with van der Waals surface area (Å²) in [6, 6.07) is 12.6. The highest BCUT2D eigenvalue weighted by molar-refractivity contribution is 6.33. The molecule has 0 aliphatic carbocycles. The first-order chi connectivity index (χ1) is 10.1. The number of nitrogens with one attached hydrogen (secondary N) is 1. The highest BCUT2D eigenvalue weighted by atomic mass is 35.5. The number of rotatable bonds is 5. The molecule has 4 heteroatoms. The lowest BCUT2D eigenvalue weighted by Gasteiger charge is -2.05. The van der Waals surface area contributed by atoms with Gasteiger partial charge in [0.05, 0.1) is 17.8 Å². The molecule has 0 saturated heterocycles. The van der Waals surface area contributed by atoms with Gasteiger partial charge in [-0.25, -0.2) is 0 Å². The summed E-state index contributed by atoms with van der Waals surface area (Å²) in [5, 5.41) is 3.63. The van der Waals surface area contributed by atoms with Crippen LogP contribution in [0.1, 0.15) is 15.9 Å². The van der Waals surface area contributed by atoms with E-state index in [2.05, 4.69) is 5.32 Å². The number of aryl methyl sites for hydroxylation is 1. The molecule has 0 heterocycles. The monoisotopic (exact) mass is 301 g/mol. The zero-order valence-corrected chi connectivity index (χ0v) is 12.6. The first kappa shape index (κ1) is 15.1. The van der Waals surface area contributed by atoms with E-state index < -0.39 is 0 Å². The normalized spacial score (nSPS) is 10.6. The van der Waals surface area contributed by atoms with Gasteiger partial charge >= 0.3 is 0 Å². The molecule has 2 rings (SSSR count). The molecule has 108 valence electrons. The number of methoxy groups -OCH3 is 1. The predicted octanol–water partition coefficient (Wildman–Crippen LogP) is 4.47. The zero-order valence-electron chi connectivity index (χ0n) is 11.9. The van der Waals surface area contributed by atoms with Crippen LogP contribution < -0.4 is 10.1 Å². The Morgan fingerprint density at radius 1 is 1.19 bits per heavy atom. The van der Waals surface area contributed by atoms with Crippen molar-refractivity contribution in [2.24, 2.45) is 0 Å². The summed E-state index contributed by atoms with van der Waals surface area (Å²) in [5.41, 5.74) is 2.47. The van der Waals surface area contributed by atoms with Crippen molar-refractivity contribution >= 4 is 23.1 Å². The molecule has 0 spiro atoms. The van der Waals surface area contributed by atoms with Crippen molar-refractivity contribution in [3.05, 3.63) is 70.9 Å². The molecule has 1 N–H and O–H groups in total. The third kappa shape index (κ3) is 4.10. The quantitative estimate of drug-likeness (QED) is 0.654. The molecule has 0 fully saturated rings. The van der Waals surface area contributed by atoms with E-state index in [9.17, 15) is 4.79 Å². The predicted molar refractivity (Wildman–Crippen MR) is 86.3 cm³/mol. The fourth-order valence-electron chi connectivity index (χ4n) is 1.81. The van der Waals surface area contributed by atoms with E-state index in [0.29, 0.717) is 10.6 Å². The first-order valence-corrected chi connectivity index (χ1v) is 6.85. The highest BCUT2D eigenvalue weighted by Gasteiger charge is 2.02. The topological polar surface area (TPSA) is 38.3 Å². The van der Waals surface area contributed by atoms with E-state index >= 15 is 0 Å². The van der Waals surface area contributed by atoms with E-state index in [-0.39, 0.29) is 5.78 Å². The van der Waals surface area contributed by atoms with Gasteiger partial charge in [-0.05, 0) is 48.9 Å². The van der Waals surface area contributed by atoms with Gasteiger partial charge in [-0.15, -0.1) is 0 Å². The van der Waals surface area contributed by atoms with Gasteiger partial charge in [0.1, 0.15) is 5.75 Å². The molecule has 0 saturated carbocycles. The summed E-state index contributed by atoms with van der Waals surface area (Å²) in [4.78, 5) is 12.0. The van der Waals surface area contributed by atoms with Gasteiger partial charge in [0.25, 0.3) is 0 Å². The van der Waals surface area contributed by atoms with E-state index in [0.717, 1.165) is 17.0 Å². The minimum absolute atomic E-state index is 0.0890. The molecule has 0 bridgehead atoms. The Morgan fingerprint density at radius 3 is 2.57 bits per heavy atom. The highest BCUT2D eigenvalue weighted by Crippen LogP contribution is 2.22. The van der Waals surface area contributed by atoms with Crippen LogP contribution in [0.15, 0.2) is 54.7 Å². The average Bonchev–Trinajstić information content (AvgIpc) is 2.50. The number of allylic oxidation sites excluding steroid dienone is 1. The SMILES string of the molecule is COc1ccc(C(=O)C=CNc2cc(C)ccc2Cl)cc1. The van der Waals surface area contributed by atoms with E-state index in [4.69, 9.17) is 16.3 Å². The number of halogens is 1. The molecular formula is C17H16ClNO2. The Morgan fingerprint density at radius 2 is 1.90 bits per heavy atom. The molecule has 0 radical (unpaired) electrons. The van der Waals surface area contributed by atoms with Crippen LogP contribution in [0.3, 0.4) is 0 Å². The lowest BCUT2D eigenvalue weighted by molar-refractivity contribution is 0.104. The van der Waals surface area contributed by atoms with Crippen LogP contribution in [0.2, 0.25) is 5.02 Å². The lowest BCUT2D eigenvalue weighted by Crippen LogP contribution is -1.97. The molecule has 0 atom stereocenters. The number of carbonyl (C=O) groups is 1. The van der Waals surface area contributed by atoms with Crippen LogP contribution >= 0.6 is 11.6 Å². The van der Waals surface area contributed by atoms with Crippen molar-refractivity contribution in [1.29, 1.82) is 0 Å². The second-order valence-corrected chi connectivity index (χ2v) is 4.96. The van der Waals surface area contributed by atoms with Gasteiger partial charge in [0, 0.05) is 17.8 Å². The van der Waals surface area contributed by atoms with Crippen LogP contribution in [0.4, 0.5) is 5.69 Å². The second kappa shape index (κ2) is 6.95. The number of benzene rings is 2. The summed E-state index contributed by atoms with van der Waals surface area (Å²) in [5.74, 6) is 0.633. The van der Waals surface area contributed by atoms with Crippen molar-refractivity contribution in [1.82, 2.24) is 0 Å². The Balaban J connectivity index is 2.03. The molecule has 0 aromatic heterocycles. The maximum absolute atomic E-state index is 12.0. The molecule has 2 aromatic rings. The Bertz CT molecular complexity index is 663.